The molecule has 120 valence electrons. The third-order valence-corrected chi connectivity index (χ3v) is 3.87. The van der Waals surface area contributed by atoms with Gasteiger partial charge in [0, 0.05) is 17.8 Å². The second-order valence-corrected chi connectivity index (χ2v) is 5.56. The average molecular weight is 329 g/mol. The molecule has 0 amide bonds. The number of hydrogen-bond acceptors (Lipinski definition) is 3. The van der Waals surface area contributed by atoms with Crippen molar-refractivity contribution in [3.05, 3.63) is 47.6 Å². The van der Waals surface area contributed by atoms with Crippen LogP contribution in [0.3, 0.4) is 0 Å². The van der Waals surface area contributed by atoms with Crippen LogP contribution in [0, 0.1) is 6.57 Å². The topological polar surface area (TPSA) is 48.0 Å². The van der Waals surface area contributed by atoms with Crippen molar-refractivity contribution >= 4 is 17.0 Å². The van der Waals surface area contributed by atoms with Crippen molar-refractivity contribution in [3.63, 3.8) is 0 Å². The van der Waals surface area contributed by atoms with E-state index < -0.39 is 11.9 Å². The van der Waals surface area contributed by atoms with Gasteiger partial charge in [-0.1, -0.05) is 11.6 Å². The summed E-state index contributed by atoms with van der Waals surface area (Å²) < 4.78 is 41.6. The van der Waals surface area contributed by atoms with Crippen molar-refractivity contribution < 1.29 is 13.2 Å². The van der Waals surface area contributed by atoms with Gasteiger partial charge in [0.2, 0.25) is 0 Å². The molecule has 8 heteroatoms. The third-order valence-electron chi connectivity index (χ3n) is 3.87. The zero-order valence-electron chi connectivity index (χ0n) is 12.2. The van der Waals surface area contributed by atoms with Gasteiger partial charge in [0.25, 0.3) is 11.5 Å². The fourth-order valence-corrected chi connectivity index (χ4v) is 2.71. The fraction of sp³-hybridized carbons (Fsp3) is 0.250. The standard InChI is InChI=1S/C16H10F3N5/c1-20-12-7-6-11-15(23-12)24(9-4-5-9)14(22-11)10-3-2-8-21-13(10)16(17,18)19/h2-3,6-9H,4-5H2. The zero-order valence-corrected chi connectivity index (χ0v) is 12.2. The molecule has 0 atom stereocenters. The molecule has 0 aromatic carbocycles. The van der Waals surface area contributed by atoms with Gasteiger partial charge in [0.15, 0.2) is 5.69 Å². The second-order valence-electron chi connectivity index (χ2n) is 5.56. The lowest BCUT2D eigenvalue weighted by Crippen LogP contribution is -2.11. The molecule has 1 saturated carbocycles. The van der Waals surface area contributed by atoms with Crippen molar-refractivity contribution in [2.24, 2.45) is 0 Å². The molecule has 3 aromatic rings. The van der Waals surface area contributed by atoms with Crippen LogP contribution in [0.2, 0.25) is 0 Å². The Morgan fingerprint density at radius 1 is 1.17 bits per heavy atom. The molecule has 3 heterocycles. The van der Waals surface area contributed by atoms with Crippen LogP contribution < -0.4 is 0 Å². The molecule has 3 aromatic heterocycles. The van der Waals surface area contributed by atoms with E-state index in [4.69, 9.17) is 6.57 Å². The maximum absolute atomic E-state index is 13.3. The van der Waals surface area contributed by atoms with E-state index in [1.807, 2.05) is 0 Å². The number of alkyl halides is 3. The lowest BCUT2D eigenvalue weighted by molar-refractivity contribution is -0.140. The zero-order chi connectivity index (χ0) is 16.9. The van der Waals surface area contributed by atoms with E-state index in [2.05, 4.69) is 19.8 Å². The highest BCUT2D eigenvalue weighted by Crippen LogP contribution is 2.43. The van der Waals surface area contributed by atoms with E-state index >= 15 is 0 Å². The molecular formula is C16H10F3N5. The first-order valence-electron chi connectivity index (χ1n) is 7.28. The van der Waals surface area contributed by atoms with Crippen LogP contribution in [0.4, 0.5) is 19.0 Å². The van der Waals surface area contributed by atoms with Gasteiger partial charge in [-0.15, -0.1) is 0 Å². The monoisotopic (exact) mass is 329 g/mol. The third kappa shape index (κ3) is 2.29. The Kier molecular flexibility index (Phi) is 3.06. The number of hydrogen-bond donors (Lipinski definition) is 0. The number of nitrogens with zero attached hydrogens (tertiary/aromatic N) is 5. The van der Waals surface area contributed by atoms with Gasteiger partial charge in [-0.25, -0.2) is 4.98 Å². The summed E-state index contributed by atoms with van der Waals surface area (Å²) in [5.41, 5.74) is -0.119. The molecule has 1 fully saturated rings. The Bertz CT molecular complexity index is 980. The highest BCUT2D eigenvalue weighted by atomic mass is 19.4. The van der Waals surface area contributed by atoms with Crippen molar-refractivity contribution in [2.45, 2.75) is 25.1 Å². The number of fused-ring (bicyclic) bond motifs is 1. The summed E-state index contributed by atoms with van der Waals surface area (Å²) in [7, 11) is 0. The van der Waals surface area contributed by atoms with Gasteiger partial charge in [-0.3, -0.25) is 9.55 Å². The van der Waals surface area contributed by atoms with Gasteiger partial charge in [0.05, 0.1) is 0 Å². The summed E-state index contributed by atoms with van der Waals surface area (Å²) in [6, 6.07) is 6.00. The van der Waals surface area contributed by atoms with Crippen LogP contribution in [0.15, 0.2) is 30.5 Å². The normalized spacial score (nSPS) is 14.8. The van der Waals surface area contributed by atoms with E-state index in [0.29, 0.717) is 11.2 Å². The summed E-state index contributed by atoms with van der Waals surface area (Å²) in [4.78, 5) is 15.4. The maximum atomic E-state index is 13.3. The van der Waals surface area contributed by atoms with Crippen LogP contribution in [0.5, 0.6) is 0 Å². The van der Waals surface area contributed by atoms with Crippen LogP contribution in [-0.2, 0) is 6.18 Å². The average Bonchev–Trinajstić information content (AvgIpc) is 3.33. The first-order valence-corrected chi connectivity index (χ1v) is 7.28. The minimum Gasteiger partial charge on any atom is -0.361 e. The largest absolute Gasteiger partial charge is 0.434 e. The molecule has 0 unspecified atom stereocenters. The molecule has 5 nitrogen and oxygen atoms in total. The van der Waals surface area contributed by atoms with Gasteiger partial charge in [-0.2, -0.15) is 13.2 Å². The number of rotatable bonds is 2. The van der Waals surface area contributed by atoms with E-state index in [0.717, 1.165) is 19.0 Å². The van der Waals surface area contributed by atoms with E-state index in [9.17, 15) is 13.2 Å². The van der Waals surface area contributed by atoms with Gasteiger partial charge < -0.3 is 4.85 Å². The Balaban J connectivity index is 2.02. The van der Waals surface area contributed by atoms with Crippen LogP contribution in [0.1, 0.15) is 24.6 Å². The molecule has 0 aliphatic heterocycles. The summed E-state index contributed by atoms with van der Waals surface area (Å²) in [5.74, 6) is 0.389. The minimum atomic E-state index is -4.57. The molecule has 1 aliphatic rings. The van der Waals surface area contributed by atoms with Crippen molar-refractivity contribution in [2.75, 3.05) is 0 Å². The summed E-state index contributed by atoms with van der Waals surface area (Å²) in [5, 5.41) is 0. The molecule has 0 radical (unpaired) electrons. The predicted molar refractivity (Wildman–Crippen MR) is 80.3 cm³/mol. The predicted octanol–water partition coefficient (Wildman–Crippen LogP) is 4.40. The highest BCUT2D eigenvalue weighted by Gasteiger charge is 2.38. The Hall–Kier alpha value is -2.95. The number of pyridine rings is 2. The quantitative estimate of drug-likeness (QED) is 0.655. The van der Waals surface area contributed by atoms with Crippen molar-refractivity contribution in [3.8, 4) is 11.4 Å². The summed E-state index contributed by atoms with van der Waals surface area (Å²) in [6.45, 7) is 7.07. The molecule has 0 spiro atoms. The molecular weight excluding hydrogens is 319 g/mol. The fourth-order valence-electron chi connectivity index (χ4n) is 2.71. The molecule has 0 saturated heterocycles. The van der Waals surface area contributed by atoms with E-state index in [1.54, 1.807) is 10.6 Å². The molecule has 1 aliphatic carbocycles. The smallest absolute Gasteiger partial charge is 0.361 e. The lowest BCUT2D eigenvalue weighted by Gasteiger charge is -2.12. The summed E-state index contributed by atoms with van der Waals surface area (Å²) >= 11 is 0. The number of aromatic nitrogens is 4. The molecule has 0 bridgehead atoms. The summed E-state index contributed by atoms with van der Waals surface area (Å²) in [6.07, 6.45) is -1.75. The van der Waals surface area contributed by atoms with E-state index in [1.165, 1.54) is 18.2 Å². The first-order chi connectivity index (χ1) is 11.5. The Morgan fingerprint density at radius 3 is 2.62 bits per heavy atom. The number of imidazole rings is 1. The molecule has 0 N–H and O–H groups in total. The van der Waals surface area contributed by atoms with Gasteiger partial charge >= 0.3 is 6.18 Å². The van der Waals surface area contributed by atoms with Crippen LogP contribution >= 0.6 is 0 Å². The first kappa shape index (κ1) is 14.6. The van der Waals surface area contributed by atoms with Gasteiger partial charge in [-0.05, 0) is 37.1 Å². The minimum absolute atomic E-state index is 0.0553. The Morgan fingerprint density at radius 2 is 1.96 bits per heavy atom. The maximum Gasteiger partial charge on any atom is 0.434 e. The SMILES string of the molecule is [C-]#[N+]c1ccc2nc(-c3cccnc3C(F)(F)F)n(C3CC3)c2n1. The van der Waals surface area contributed by atoms with Crippen molar-refractivity contribution in [1.82, 2.24) is 19.5 Å². The second kappa shape index (κ2) is 5.03. The van der Waals surface area contributed by atoms with Crippen molar-refractivity contribution in [1.29, 1.82) is 0 Å². The Labute approximate surface area is 134 Å². The molecule has 4 rings (SSSR count). The van der Waals surface area contributed by atoms with E-state index in [-0.39, 0.29) is 23.2 Å². The number of halogens is 3. The highest BCUT2D eigenvalue weighted by molar-refractivity contribution is 5.80. The lowest BCUT2D eigenvalue weighted by atomic mass is 10.1. The molecule has 24 heavy (non-hydrogen) atoms. The van der Waals surface area contributed by atoms with Crippen LogP contribution in [0.25, 0.3) is 27.4 Å². The van der Waals surface area contributed by atoms with Gasteiger partial charge in [0.1, 0.15) is 11.3 Å². The van der Waals surface area contributed by atoms with Crippen LogP contribution in [-0.4, -0.2) is 19.5 Å².